The summed E-state index contributed by atoms with van der Waals surface area (Å²) < 4.78 is 18.7. The molecule has 1 atom stereocenters. The van der Waals surface area contributed by atoms with Gasteiger partial charge in [0.15, 0.2) is 0 Å². The highest BCUT2D eigenvalue weighted by Gasteiger charge is 2.37. The Labute approximate surface area is 192 Å². The molecule has 2 aromatic carbocycles. The number of nitrogens with zero attached hydrogens (tertiary/aromatic N) is 1. The van der Waals surface area contributed by atoms with Crippen LogP contribution in [0.3, 0.4) is 0 Å². The van der Waals surface area contributed by atoms with Gasteiger partial charge in [0.25, 0.3) is 5.91 Å². The zero-order valence-electron chi connectivity index (χ0n) is 18.8. The second kappa shape index (κ2) is 9.57. The Kier molecular flexibility index (Phi) is 6.58. The highest BCUT2D eigenvalue weighted by molar-refractivity contribution is 5.96. The molecule has 1 aliphatic heterocycles. The molecule has 2 amide bonds. The van der Waals surface area contributed by atoms with Gasteiger partial charge in [-0.2, -0.15) is 0 Å². The van der Waals surface area contributed by atoms with Crippen LogP contribution in [0.4, 0.5) is 4.39 Å². The number of esters is 1. The minimum atomic E-state index is -0.510. The molecule has 1 aliphatic carbocycles. The van der Waals surface area contributed by atoms with Crippen molar-refractivity contribution in [1.29, 1.82) is 0 Å². The molecular formula is C26H27FN2O4. The van der Waals surface area contributed by atoms with Crippen LogP contribution in [0.2, 0.25) is 0 Å². The minimum Gasteiger partial charge on any atom is -0.463 e. The molecule has 0 aromatic heterocycles. The van der Waals surface area contributed by atoms with Crippen LogP contribution in [0.1, 0.15) is 60.5 Å². The van der Waals surface area contributed by atoms with Gasteiger partial charge in [0, 0.05) is 29.6 Å². The molecule has 4 rings (SSSR count). The quantitative estimate of drug-likeness (QED) is 0.646. The predicted octanol–water partition coefficient (Wildman–Crippen LogP) is 4.07. The van der Waals surface area contributed by atoms with Crippen LogP contribution < -0.4 is 5.32 Å². The monoisotopic (exact) mass is 450 g/mol. The summed E-state index contributed by atoms with van der Waals surface area (Å²) in [5.74, 6) is -1.65. The van der Waals surface area contributed by atoms with E-state index in [0.29, 0.717) is 22.4 Å². The molecule has 1 unspecified atom stereocenters. The first-order valence-electron chi connectivity index (χ1n) is 11.2. The van der Waals surface area contributed by atoms with Gasteiger partial charge in [0.1, 0.15) is 5.82 Å². The van der Waals surface area contributed by atoms with E-state index in [2.05, 4.69) is 5.32 Å². The van der Waals surface area contributed by atoms with E-state index in [1.807, 2.05) is 6.07 Å². The van der Waals surface area contributed by atoms with E-state index < -0.39 is 11.9 Å². The minimum absolute atomic E-state index is 0.0684. The summed E-state index contributed by atoms with van der Waals surface area (Å²) in [5, 5.41) is 2.97. The highest BCUT2D eigenvalue weighted by Crippen LogP contribution is 2.37. The van der Waals surface area contributed by atoms with Gasteiger partial charge in [-0.15, -0.1) is 0 Å². The van der Waals surface area contributed by atoms with Crippen LogP contribution in [-0.4, -0.2) is 35.3 Å². The number of allylic oxidation sites excluding steroid dienone is 1. The number of carbonyl (C=O) groups excluding carboxylic acids is 3. The van der Waals surface area contributed by atoms with E-state index in [1.165, 1.54) is 12.1 Å². The van der Waals surface area contributed by atoms with Gasteiger partial charge < -0.3 is 15.0 Å². The third-order valence-electron chi connectivity index (χ3n) is 6.03. The van der Waals surface area contributed by atoms with E-state index in [4.69, 9.17) is 4.74 Å². The third-order valence-corrected chi connectivity index (χ3v) is 6.03. The Morgan fingerprint density at radius 3 is 2.55 bits per heavy atom. The second-order valence-corrected chi connectivity index (χ2v) is 8.46. The molecule has 2 aromatic rings. The zero-order valence-corrected chi connectivity index (χ0v) is 18.8. The van der Waals surface area contributed by atoms with Crippen molar-refractivity contribution in [2.45, 2.75) is 51.6 Å². The van der Waals surface area contributed by atoms with Crippen molar-refractivity contribution in [3.63, 3.8) is 0 Å². The predicted molar refractivity (Wildman–Crippen MR) is 121 cm³/mol. The van der Waals surface area contributed by atoms with Crippen molar-refractivity contribution in [2.24, 2.45) is 0 Å². The summed E-state index contributed by atoms with van der Waals surface area (Å²) in [6, 6.07) is 13.2. The third kappa shape index (κ3) is 5.13. The van der Waals surface area contributed by atoms with Crippen molar-refractivity contribution in [3.05, 3.63) is 82.3 Å². The Hall–Kier alpha value is -3.48. The Morgan fingerprint density at radius 1 is 1.15 bits per heavy atom. The SMILES string of the molecule is CCOC(=O)C1=C(C)N(Cc2cccc(C(=O)NC3CC3)c2)C(=O)CC1c1ccc(F)cc1. The molecule has 0 radical (unpaired) electrons. The van der Waals surface area contributed by atoms with Gasteiger partial charge in [-0.3, -0.25) is 9.59 Å². The lowest BCUT2D eigenvalue weighted by Gasteiger charge is -2.34. The molecule has 1 N–H and O–H groups in total. The van der Waals surface area contributed by atoms with Crippen LogP contribution in [-0.2, 0) is 20.9 Å². The number of carbonyl (C=O) groups is 3. The Morgan fingerprint density at radius 2 is 1.88 bits per heavy atom. The van der Waals surface area contributed by atoms with E-state index in [1.54, 1.807) is 49.1 Å². The van der Waals surface area contributed by atoms with Crippen molar-refractivity contribution < 1.29 is 23.5 Å². The molecule has 1 heterocycles. The van der Waals surface area contributed by atoms with Gasteiger partial charge in [-0.05, 0) is 62.1 Å². The Bertz CT molecular complexity index is 1110. The number of halogens is 1. The fourth-order valence-electron chi connectivity index (χ4n) is 4.15. The largest absolute Gasteiger partial charge is 0.463 e. The molecule has 1 fully saturated rings. The van der Waals surface area contributed by atoms with Gasteiger partial charge in [-0.25, -0.2) is 9.18 Å². The normalized spacial score (nSPS) is 18.3. The van der Waals surface area contributed by atoms with E-state index in [9.17, 15) is 18.8 Å². The maximum atomic E-state index is 13.4. The summed E-state index contributed by atoms with van der Waals surface area (Å²) >= 11 is 0. The molecule has 0 bridgehead atoms. The number of ether oxygens (including phenoxy) is 1. The molecule has 0 saturated heterocycles. The first-order chi connectivity index (χ1) is 15.9. The first kappa shape index (κ1) is 22.7. The molecule has 33 heavy (non-hydrogen) atoms. The van der Waals surface area contributed by atoms with Crippen LogP contribution in [0.15, 0.2) is 59.8 Å². The topological polar surface area (TPSA) is 75.7 Å². The average Bonchev–Trinajstić information content (AvgIpc) is 3.61. The summed E-state index contributed by atoms with van der Waals surface area (Å²) in [6.07, 6.45) is 2.08. The summed E-state index contributed by atoms with van der Waals surface area (Å²) in [4.78, 5) is 40.0. The lowest BCUT2D eigenvalue weighted by molar-refractivity contribution is -0.140. The zero-order chi connectivity index (χ0) is 23.5. The van der Waals surface area contributed by atoms with Crippen molar-refractivity contribution in [1.82, 2.24) is 10.2 Å². The number of hydrogen-bond donors (Lipinski definition) is 1. The van der Waals surface area contributed by atoms with E-state index >= 15 is 0 Å². The first-order valence-corrected chi connectivity index (χ1v) is 11.2. The molecule has 7 heteroatoms. The number of benzene rings is 2. The second-order valence-electron chi connectivity index (χ2n) is 8.46. The average molecular weight is 451 g/mol. The van der Waals surface area contributed by atoms with Crippen LogP contribution in [0, 0.1) is 5.82 Å². The fourth-order valence-corrected chi connectivity index (χ4v) is 4.15. The van der Waals surface area contributed by atoms with Gasteiger partial charge in [0.2, 0.25) is 5.91 Å². The molecule has 2 aliphatic rings. The highest BCUT2D eigenvalue weighted by atomic mass is 19.1. The molecule has 172 valence electrons. The smallest absolute Gasteiger partial charge is 0.336 e. The van der Waals surface area contributed by atoms with E-state index in [0.717, 1.165) is 18.4 Å². The van der Waals surface area contributed by atoms with Gasteiger partial charge in [0.05, 0.1) is 18.7 Å². The fraction of sp³-hybridized carbons (Fsp3) is 0.346. The van der Waals surface area contributed by atoms with Crippen molar-refractivity contribution in [3.8, 4) is 0 Å². The number of nitrogens with one attached hydrogen (secondary N) is 1. The number of amides is 2. The summed E-state index contributed by atoms with van der Waals surface area (Å²) in [6.45, 7) is 3.89. The summed E-state index contributed by atoms with van der Waals surface area (Å²) in [5.41, 5.74) is 2.91. The maximum absolute atomic E-state index is 13.4. The van der Waals surface area contributed by atoms with E-state index in [-0.39, 0.29) is 43.2 Å². The van der Waals surface area contributed by atoms with Crippen LogP contribution in [0.25, 0.3) is 0 Å². The maximum Gasteiger partial charge on any atom is 0.336 e. The lowest BCUT2D eigenvalue weighted by atomic mass is 9.83. The molecule has 6 nitrogen and oxygen atoms in total. The lowest BCUT2D eigenvalue weighted by Crippen LogP contribution is -2.38. The van der Waals surface area contributed by atoms with Crippen LogP contribution >= 0.6 is 0 Å². The molecule has 0 spiro atoms. The van der Waals surface area contributed by atoms with Gasteiger partial charge in [-0.1, -0.05) is 24.3 Å². The number of hydrogen-bond acceptors (Lipinski definition) is 4. The van der Waals surface area contributed by atoms with Gasteiger partial charge >= 0.3 is 5.97 Å². The van der Waals surface area contributed by atoms with Crippen LogP contribution in [0.5, 0.6) is 0 Å². The number of rotatable bonds is 7. The van der Waals surface area contributed by atoms with Crippen molar-refractivity contribution in [2.75, 3.05) is 6.61 Å². The molecule has 1 saturated carbocycles. The van der Waals surface area contributed by atoms with Crippen molar-refractivity contribution >= 4 is 17.8 Å². The molecular weight excluding hydrogens is 423 g/mol. The standard InChI is InChI=1S/C26H27FN2O4/c1-3-33-26(32)24-16(2)29(23(30)14-22(24)18-7-9-20(27)10-8-18)15-17-5-4-6-19(13-17)25(31)28-21-11-12-21/h4-10,13,21-22H,3,11-12,14-15H2,1-2H3,(H,28,31). The Balaban J connectivity index is 1.64. The summed E-state index contributed by atoms with van der Waals surface area (Å²) in [7, 11) is 0.